The quantitative estimate of drug-likeness (QED) is 0.374. The molecule has 1 heterocycles. The summed E-state index contributed by atoms with van der Waals surface area (Å²) in [5.74, 6) is 4.83. The number of carbonyl (C=O) groups excluding carboxylic acids is 2. The molecule has 0 fully saturated rings. The highest BCUT2D eigenvalue weighted by molar-refractivity contribution is 5.95. The van der Waals surface area contributed by atoms with Crippen molar-refractivity contribution in [3.8, 4) is 0 Å². The number of nitrogens with one attached hydrogen (secondary N) is 1. The van der Waals surface area contributed by atoms with Crippen LogP contribution in [0.3, 0.4) is 0 Å². The van der Waals surface area contributed by atoms with Crippen molar-refractivity contribution < 1.29 is 9.59 Å². The molecule has 98 valence electrons. The third-order valence-electron chi connectivity index (χ3n) is 3.08. The molecule has 1 amide bonds. The van der Waals surface area contributed by atoms with Gasteiger partial charge in [0.25, 0.3) is 5.91 Å². The van der Waals surface area contributed by atoms with Crippen LogP contribution in [0.4, 0.5) is 0 Å². The molecule has 5 nitrogen and oxygen atoms in total. The van der Waals surface area contributed by atoms with E-state index in [-0.39, 0.29) is 5.91 Å². The number of aldehydes is 1. The molecule has 2 rings (SSSR count). The van der Waals surface area contributed by atoms with E-state index in [4.69, 9.17) is 5.84 Å². The Hall–Kier alpha value is -2.40. The zero-order valence-corrected chi connectivity index (χ0v) is 10.6. The normalized spacial score (nSPS) is 10.2. The van der Waals surface area contributed by atoms with E-state index < -0.39 is 0 Å². The Balaban J connectivity index is 2.41. The van der Waals surface area contributed by atoms with Crippen molar-refractivity contribution in [2.24, 2.45) is 5.84 Å². The van der Waals surface area contributed by atoms with E-state index in [1.807, 2.05) is 29.7 Å². The number of nitrogens with two attached hydrogens (primary N) is 1. The van der Waals surface area contributed by atoms with Crippen LogP contribution in [-0.4, -0.2) is 16.8 Å². The van der Waals surface area contributed by atoms with Crippen molar-refractivity contribution in [2.45, 2.75) is 13.5 Å². The van der Waals surface area contributed by atoms with Gasteiger partial charge in [-0.3, -0.25) is 15.0 Å². The predicted octanol–water partition coefficient (Wildman–Crippen LogP) is 1.26. The van der Waals surface area contributed by atoms with E-state index in [1.165, 1.54) is 0 Å². The smallest absolute Gasteiger partial charge is 0.265 e. The highest BCUT2D eigenvalue weighted by Crippen LogP contribution is 2.14. The second kappa shape index (κ2) is 5.49. The maximum Gasteiger partial charge on any atom is 0.265 e. The number of hydrogen-bond acceptors (Lipinski definition) is 3. The topological polar surface area (TPSA) is 77.1 Å². The van der Waals surface area contributed by atoms with Gasteiger partial charge in [-0.05, 0) is 30.7 Å². The Morgan fingerprint density at radius 2 is 2.05 bits per heavy atom. The van der Waals surface area contributed by atoms with Gasteiger partial charge in [-0.15, -0.1) is 0 Å². The fourth-order valence-electron chi connectivity index (χ4n) is 2.04. The van der Waals surface area contributed by atoms with Crippen LogP contribution >= 0.6 is 0 Å². The fourth-order valence-corrected chi connectivity index (χ4v) is 2.04. The highest BCUT2D eigenvalue weighted by atomic mass is 16.2. The Bertz CT molecular complexity index is 617. The predicted molar refractivity (Wildman–Crippen MR) is 71.8 cm³/mol. The third-order valence-corrected chi connectivity index (χ3v) is 3.08. The number of nitrogens with zero attached hydrogens (tertiary/aromatic N) is 1. The molecule has 0 saturated heterocycles. The van der Waals surface area contributed by atoms with E-state index in [2.05, 4.69) is 5.43 Å². The zero-order valence-electron chi connectivity index (χ0n) is 10.6. The molecule has 1 aromatic heterocycles. The lowest BCUT2D eigenvalue weighted by Gasteiger charge is -2.12. The average molecular weight is 257 g/mol. The van der Waals surface area contributed by atoms with Gasteiger partial charge >= 0.3 is 0 Å². The first-order valence-corrected chi connectivity index (χ1v) is 5.87. The first kappa shape index (κ1) is 13.0. The van der Waals surface area contributed by atoms with Crippen LogP contribution in [0.25, 0.3) is 0 Å². The molecule has 0 atom stereocenters. The fraction of sp³-hybridized carbons (Fsp3) is 0.143. The van der Waals surface area contributed by atoms with E-state index in [1.54, 1.807) is 18.2 Å². The van der Waals surface area contributed by atoms with Gasteiger partial charge < -0.3 is 4.57 Å². The molecule has 0 spiro atoms. The Morgan fingerprint density at radius 1 is 1.32 bits per heavy atom. The molecule has 2 aromatic rings. The number of aryl methyl sites for hydroxylation is 1. The number of rotatable bonds is 4. The summed E-state index contributed by atoms with van der Waals surface area (Å²) in [7, 11) is 0. The zero-order chi connectivity index (χ0) is 13.8. The highest BCUT2D eigenvalue weighted by Gasteiger charge is 2.12. The van der Waals surface area contributed by atoms with Crippen LogP contribution in [0.5, 0.6) is 0 Å². The van der Waals surface area contributed by atoms with Crippen LogP contribution in [0, 0.1) is 6.92 Å². The minimum Gasteiger partial charge on any atom is -0.338 e. The summed E-state index contributed by atoms with van der Waals surface area (Å²) in [5, 5.41) is 0. The van der Waals surface area contributed by atoms with Crippen molar-refractivity contribution in [1.29, 1.82) is 0 Å². The van der Waals surface area contributed by atoms with Gasteiger partial charge in [0.15, 0.2) is 6.29 Å². The minimum absolute atomic E-state index is 0.340. The lowest BCUT2D eigenvalue weighted by molar-refractivity contribution is 0.0952. The summed E-state index contributed by atoms with van der Waals surface area (Å²) < 4.78 is 1.86. The molecule has 19 heavy (non-hydrogen) atoms. The molecule has 0 saturated carbocycles. The molecule has 0 aliphatic heterocycles. The van der Waals surface area contributed by atoms with Crippen molar-refractivity contribution in [1.82, 2.24) is 9.99 Å². The van der Waals surface area contributed by atoms with Crippen LogP contribution in [0.1, 0.15) is 32.1 Å². The number of hydrazine groups is 1. The maximum atomic E-state index is 11.7. The van der Waals surface area contributed by atoms with Crippen LogP contribution in [0.15, 0.2) is 36.4 Å². The molecule has 3 N–H and O–H groups in total. The third kappa shape index (κ3) is 2.56. The van der Waals surface area contributed by atoms with Gasteiger partial charge in [-0.2, -0.15) is 0 Å². The second-order valence-corrected chi connectivity index (χ2v) is 4.23. The number of hydrogen-bond donors (Lipinski definition) is 2. The van der Waals surface area contributed by atoms with Gasteiger partial charge in [0.05, 0.1) is 5.69 Å². The summed E-state index contributed by atoms with van der Waals surface area (Å²) in [6.45, 7) is 2.37. The lowest BCUT2D eigenvalue weighted by atomic mass is 10.1. The number of carbonyl (C=O) groups is 2. The summed E-state index contributed by atoms with van der Waals surface area (Å²) in [6.07, 6.45) is 0.804. The van der Waals surface area contributed by atoms with Crippen LogP contribution in [-0.2, 0) is 6.54 Å². The van der Waals surface area contributed by atoms with E-state index >= 15 is 0 Å². The minimum atomic E-state index is -0.340. The summed E-state index contributed by atoms with van der Waals surface area (Å²) in [6, 6.07) is 10.8. The van der Waals surface area contributed by atoms with Crippen molar-refractivity contribution >= 4 is 12.2 Å². The molecule has 0 aliphatic rings. The molecular formula is C14H15N3O2. The van der Waals surface area contributed by atoms with Gasteiger partial charge in [0, 0.05) is 17.8 Å². The van der Waals surface area contributed by atoms with Gasteiger partial charge in [-0.25, -0.2) is 5.84 Å². The molecule has 0 bridgehead atoms. The standard InChI is InChI=1S/C14H15N3O2/c1-10-6-7-12(9-18)17(10)8-11-4-2-3-5-13(11)14(19)16-15/h2-7,9H,8,15H2,1H3,(H,16,19). The molecule has 0 aliphatic carbocycles. The van der Waals surface area contributed by atoms with Gasteiger partial charge in [0.1, 0.15) is 0 Å². The summed E-state index contributed by atoms with van der Waals surface area (Å²) >= 11 is 0. The number of aromatic nitrogens is 1. The van der Waals surface area contributed by atoms with Crippen LogP contribution < -0.4 is 11.3 Å². The summed E-state index contributed by atoms with van der Waals surface area (Å²) in [5.41, 5.74) is 5.00. The maximum absolute atomic E-state index is 11.7. The van der Waals surface area contributed by atoms with Crippen molar-refractivity contribution in [2.75, 3.05) is 0 Å². The van der Waals surface area contributed by atoms with Crippen molar-refractivity contribution in [3.05, 3.63) is 58.9 Å². The first-order chi connectivity index (χ1) is 9.17. The van der Waals surface area contributed by atoms with Gasteiger partial charge in [-0.1, -0.05) is 18.2 Å². The van der Waals surface area contributed by atoms with E-state index in [9.17, 15) is 9.59 Å². The molecule has 5 heteroatoms. The number of amides is 1. The number of nitrogen functional groups attached to an aromatic ring is 1. The first-order valence-electron chi connectivity index (χ1n) is 5.87. The monoisotopic (exact) mass is 257 g/mol. The van der Waals surface area contributed by atoms with Crippen LogP contribution in [0.2, 0.25) is 0 Å². The largest absolute Gasteiger partial charge is 0.338 e. The SMILES string of the molecule is Cc1ccc(C=O)n1Cc1ccccc1C(=O)NN. The Kier molecular flexibility index (Phi) is 3.77. The molecule has 1 aromatic carbocycles. The Labute approximate surface area is 111 Å². The number of benzene rings is 1. The lowest BCUT2D eigenvalue weighted by Crippen LogP contribution is -2.31. The Morgan fingerprint density at radius 3 is 2.74 bits per heavy atom. The van der Waals surface area contributed by atoms with Crippen molar-refractivity contribution in [3.63, 3.8) is 0 Å². The molecule has 0 radical (unpaired) electrons. The van der Waals surface area contributed by atoms with Gasteiger partial charge in [0.2, 0.25) is 0 Å². The average Bonchev–Trinajstić information content (AvgIpc) is 2.79. The molecular weight excluding hydrogens is 242 g/mol. The second-order valence-electron chi connectivity index (χ2n) is 4.23. The van der Waals surface area contributed by atoms with E-state index in [0.717, 1.165) is 17.5 Å². The van der Waals surface area contributed by atoms with E-state index in [0.29, 0.717) is 17.8 Å². The molecule has 0 unspecified atom stereocenters. The summed E-state index contributed by atoms with van der Waals surface area (Å²) in [4.78, 5) is 22.7.